The number of hydrogen-bond acceptors (Lipinski definition) is 3. The number of benzene rings is 2. The maximum atomic E-state index is 12.1. The van der Waals surface area contributed by atoms with E-state index in [9.17, 15) is 14.4 Å². The fourth-order valence-electron chi connectivity index (χ4n) is 2.32. The largest absolute Gasteiger partial charge is 0.355 e. The van der Waals surface area contributed by atoms with Gasteiger partial charge in [-0.05, 0) is 54.5 Å². The van der Waals surface area contributed by atoms with Crippen molar-refractivity contribution >= 4 is 35.2 Å². The fourth-order valence-corrected chi connectivity index (χ4v) is 2.32. The average molecular weight is 351 g/mol. The van der Waals surface area contributed by atoms with Gasteiger partial charge in [0, 0.05) is 37.0 Å². The number of aryl methyl sites for hydroxylation is 1. The van der Waals surface area contributed by atoms with Gasteiger partial charge in [-0.1, -0.05) is 12.1 Å². The first kappa shape index (κ1) is 18.9. The summed E-state index contributed by atoms with van der Waals surface area (Å²) in [7, 11) is 1.57. The van der Waals surface area contributed by atoms with Crippen molar-refractivity contribution in [3.05, 3.63) is 65.2 Å². The molecule has 0 unspecified atom stereocenters. The zero-order valence-electron chi connectivity index (χ0n) is 14.9. The van der Waals surface area contributed by atoms with E-state index in [2.05, 4.69) is 16.0 Å². The molecule has 0 saturated carbocycles. The lowest BCUT2D eigenvalue weighted by atomic mass is 10.1. The van der Waals surface area contributed by atoms with Crippen LogP contribution in [-0.4, -0.2) is 24.8 Å². The van der Waals surface area contributed by atoms with E-state index in [4.69, 9.17) is 0 Å². The highest BCUT2D eigenvalue weighted by Crippen LogP contribution is 2.17. The first-order valence-electron chi connectivity index (χ1n) is 8.08. The van der Waals surface area contributed by atoms with E-state index in [1.807, 2.05) is 6.92 Å². The SMILES string of the molecule is CNC(=O)c1ccc(NC(=O)/C=C/c2ccc(NC(C)=O)cc2)c(C)c1. The lowest BCUT2D eigenvalue weighted by molar-refractivity contribution is -0.114. The summed E-state index contributed by atoms with van der Waals surface area (Å²) in [6.45, 7) is 3.27. The second-order valence-corrected chi connectivity index (χ2v) is 5.73. The van der Waals surface area contributed by atoms with E-state index in [0.29, 0.717) is 16.9 Å². The quantitative estimate of drug-likeness (QED) is 0.724. The maximum absolute atomic E-state index is 12.1. The molecule has 2 rings (SSSR count). The van der Waals surface area contributed by atoms with Crippen molar-refractivity contribution in [2.24, 2.45) is 0 Å². The molecule has 3 N–H and O–H groups in total. The highest BCUT2D eigenvalue weighted by Gasteiger charge is 2.07. The smallest absolute Gasteiger partial charge is 0.251 e. The van der Waals surface area contributed by atoms with Crippen molar-refractivity contribution < 1.29 is 14.4 Å². The summed E-state index contributed by atoms with van der Waals surface area (Å²) in [5.74, 6) is -0.578. The third-order valence-corrected chi connectivity index (χ3v) is 3.63. The van der Waals surface area contributed by atoms with Gasteiger partial charge in [-0.2, -0.15) is 0 Å². The highest BCUT2D eigenvalue weighted by molar-refractivity contribution is 6.03. The summed E-state index contributed by atoms with van der Waals surface area (Å²) in [6, 6.07) is 12.2. The number of anilines is 2. The molecule has 0 fully saturated rings. The molecule has 2 aromatic carbocycles. The van der Waals surface area contributed by atoms with Crippen LogP contribution in [0.4, 0.5) is 11.4 Å². The Hall–Kier alpha value is -3.41. The molecule has 6 heteroatoms. The second kappa shape index (κ2) is 8.62. The predicted octanol–water partition coefficient (Wildman–Crippen LogP) is 2.96. The maximum Gasteiger partial charge on any atom is 0.251 e. The molecule has 26 heavy (non-hydrogen) atoms. The number of hydrogen-bond donors (Lipinski definition) is 3. The molecule has 0 heterocycles. The normalized spacial score (nSPS) is 10.4. The van der Waals surface area contributed by atoms with Crippen molar-refractivity contribution in [1.29, 1.82) is 0 Å². The van der Waals surface area contributed by atoms with Gasteiger partial charge in [0.25, 0.3) is 5.91 Å². The Labute approximate surface area is 152 Å². The van der Waals surface area contributed by atoms with E-state index in [0.717, 1.165) is 11.1 Å². The Bertz CT molecular complexity index is 855. The first-order chi connectivity index (χ1) is 12.4. The first-order valence-corrected chi connectivity index (χ1v) is 8.08. The van der Waals surface area contributed by atoms with Crippen molar-refractivity contribution in [3.63, 3.8) is 0 Å². The molecule has 6 nitrogen and oxygen atoms in total. The summed E-state index contributed by atoms with van der Waals surface area (Å²) in [5, 5.41) is 8.03. The van der Waals surface area contributed by atoms with Crippen LogP contribution in [0, 0.1) is 6.92 Å². The molecule has 134 valence electrons. The second-order valence-electron chi connectivity index (χ2n) is 5.73. The van der Waals surface area contributed by atoms with Gasteiger partial charge in [0.1, 0.15) is 0 Å². The zero-order chi connectivity index (χ0) is 19.1. The van der Waals surface area contributed by atoms with E-state index in [-0.39, 0.29) is 17.7 Å². The van der Waals surface area contributed by atoms with Gasteiger partial charge in [-0.3, -0.25) is 14.4 Å². The summed E-state index contributed by atoms with van der Waals surface area (Å²) < 4.78 is 0. The minimum atomic E-state index is -0.272. The summed E-state index contributed by atoms with van der Waals surface area (Å²) in [4.78, 5) is 34.7. The van der Waals surface area contributed by atoms with E-state index in [1.165, 1.54) is 13.0 Å². The van der Waals surface area contributed by atoms with E-state index in [1.54, 1.807) is 55.6 Å². The number of nitrogens with one attached hydrogen (secondary N) is 3. The Morgan fingerprint density at radius 1 is 0.962 bits per heavy atom. The number of rotatable bonds is 5. The zero-order valence-corrected chi connectivity index (χ0v) is 14.9. The van der Waals surface area contributed by atoms with Crippen molar-refractivity contribution in [1.82, 2.24) is 5.32 Å². The molecule has 3 amide bonds. The summed E-state index contributed by atoms with van der Waals surface area (Å²) in [6.07, 6.45) is 3.11. The Morgan fingerprint density at radius 3 is 2.23 bits per heavy atom. The van der Waals surface area contributed by atoms with Crippen LogP contribution in [0.5, 0.6) is 0 Å². The van der Waals surface area contributed by atoms with Gasteiger partial charge < -0.3 is 16.0 Å². The fraction of sp³-hybridized carbons (Fsp3) is 0.150. The molecule has 0 radical (unpaired) electrons. The molecular weight excluding hydrogens is 330 g/mol. The number of amides is 3. The average Bonchev–Trinajstić information content (AvgIpc) is 2.61. The predicted molar refractivity (Wildman–Crippen MR) is 103 cm³/mol. The van der Waals surface area contributed by atoms with Gasteiger partial charge >= 0.3 is 0 Å². The molecule has 0 aliphatic rings. The van der Waals surface area contributed by atoms with Crippen LogP contribution in [0.15, 0.2) is 48.5 Å². The molecule has 0 spiro atoms. The van der Waals surface area contributed by atoms with Gasteiger partial charge in [0.2, 0.25) is 11.8 Å². The van der Waals surface area contributed by atoms with E-state index >= 15 is 0 Å². The lowest BCUT2D eigenvalue weighted by Gasteiger charge is -2.08. The minimum Gasteiger partial charge on any atom is -0.355 e. The van der Waals surface area contributed by atoms with Crippen LogP contribution in [0.1, 0.15) is 28.4 Å². The molecule has 0 atom stereocenters. The Kier molecular flexibility index (Phi) is 6.27. The molecule has 0 aliphatic carbocycles. The van der Waals surface area contributed by atoms with Crippen molar-refractivity contribution in [2.45, 2.75) is 13.8 Å². The molecular formula is C20H21N3O3. The van der Waals surface area contributed by atoms with Gasteiger partial charge in [-0.15, -0.1) is 0 Å². The molecule has 0 aliphatic heterocycles. The van der Waals surface area contributed by atoms with Gasteiger partial charge in [-0.25, -0.2) is 0 Å². The molecule has 2 aromatic rings. The van der Waals surface area contributed by atoms with E-state index < -0.39 is 0 Å². The Balaban J connectivity index is 2.01. The number of carbonyl (C=O) groups excluding carboxylic acids is 3. The molecule has 0 saturated heterocycles. The van der Waals surface area contributed by atoms with Crippen molar-refractivity contribution in [2.75, 3.05) is 17.7 Å². The van der Waals surface area contributed by atoms with Crippen LogP contribution in [0.3, 0.4) is 0 Å². The van der Waals surface area contributed by atoms with Gasteiger partial charge in [0.05, 0.1) is 0 Å². The summed E-state index contributed by atoms with van der Waals surface area (Å²) >= 11 is 0. The standard InChI is InChI=1S/C20H21N3O3/c1-13-12-16(20(26)21-3)7-10-18(13)23-19(25)11-6-15-4-8-17(9-5-15)22-14(2)24/h4-12H,1-3H3,(H,21,26)(H,22,24)(H,23,25)/b11-6+. The van der Waals surface area contributed by atoms with Crippen LogP contribution in [0.2, 0.25) is 0 Å². The topological polar surface area (TPSA) is 87.3 Å². The Morgan fingerprint density at radius 2 is 1.65 bits per heavy atom. The minimum absolute atomic E-state index is 0.134. The van der Waals surface area contributed by atoms with Crippen LogP contribution >= 0.6 is 0 Å². The summed E-state index contributed by atoms with van der Waals surface area (Å²) in [5.41, 5.74) is 3.52. The van der Waals surface area contributed by atoms with Crippen LogP contribution < -0.4 is 16.0 Å². The third-order valence-electron chi connectivity index (χ3n) is 3.63. The van der Waals surface area contributed by atoms with Crippen molar-refractivity contribution in [3.8, 4) is 0 Å². The highest BCUT2D eigenvalue weighted by atomic mass is 16.2. The molecule has 0 aromatic heterocycles. The van der Waals surface area contributed by atoms with Gasteiger partial charge in [0.15, 0.2) is 0 Å². The van der Waals surface area contributed by atoms with Crippen LogP contribution in [-0.2, 0) is 9.59 Å². The van der Waals surface area contributed by atoms with Crippen LogP contribution in [0.25, 0.3) is 6.08 Å². The monoisotopic (exact) mass is 351 g/mol. The third kappa shape index (κ3) is 5.31. The molecule has 0 bridgehead atoms. The lowest BCUT2D eigenvalue weighted by Crippen LogP contribution is -2.18. The number of carbonyl (C=O) groups is 3.